The lowest BCUT2D eigenvalue weighted by molar-refractivity contribution is -0.115. The number of aromatic nitrogens is 1. The number of amides is 2. The highest BCUT2D eigenvalue weighted by molar-refractivity contribution is 7.93. The zero-order chi connectivity index (χ0) is 21.8. The average molecular weight is 453 g/mol. The Morgan fingerprint density at radius 1 is 1.06 bits per heavy atom. The van der Waals surface area contributed by atoms with Crippen LogP contribution in [0.25, 0.3) is 21.0 Å². The molecule has 1 aromatic heterocycles. The summed E-state index contributed by atoms with van der Waals surface area (Å²) in [5, 5.41) is 7.18. The van der Waals surface area contributed by atoms with Gasteiger partial charge in [0.1, 0.15) is 6.54 Å². The maximum atomic E-state index is 13.0. The zero-order valence-electron chi connectivity index (χ0n) is 16.2. The van der Waals surface area contributed by atoms with Crippen molar-refractivity contribution >= 4 is 70.7 Å². The van der Waals surface area contributed by atoms with E-state index in [-0.39, 0.29) is 17.3 Å². The molecule has 0 spiro atoms. The molecule has 1 aliphatic heterocycles. The van der Waals surface area contributed by atoms with Crippen molar-refractivity contribution in [3.05, 3.63) is 54.6 Å². The number of thiazole rings is 1. The first-order valence-electron chi connectivity index (χ1n) is 9.35. The van der Waals surface area contributed by atoms with Gasteiger partial charge in [-0.2, -0.15) is 0 Å². The summed E-state index contributed by atoms with van der Waals surface area (Å²) in [4.78, 5) is 28.5. The Kier molecular flexibility index (Phi) is 4.42. The molecule has 0 aliphatic carbocycles. The lowest BCUT2D eigenvalue weighted by Crippen LogP contribution is -2.35. The quantitative estimate of drug-likeness (QED) is 0.492. The van der Waals surface area contributed by atoms with Crippen molar-refractivity contribution < 1.29 is 18.0 Å². The molecule has 0 fully saturated rings. The molecule has 0 atom stereocenters. The van der Waals surface area contributed by atoms with E-state index in [2.05, 4.69) is 15.6 Å². The normalized spacial score (nSPS) is 14.2. The van der Waals surface area contributed by atoms with Gasteiger partial charge in [-0.1, -0.05) is 35.6 Å². The highest BCUT2D eigenvalue weighted by Crippen LogP contribution is 2.41. The van der Waals surface area contributed by atoms with Gasteiger partial charge in [-0.05, 0) is 35.7 Å². The van der Waals surface area contributed by atoms with Gasteiger partial charge in [-0.25, -0.2) is 13.4 Å². The minimum absolute atomic E-state index is 0.180. The first-order chi connectivity index (χ1) is 14.8. The Morgan fingerprint density at radius 3 is 2.61 bits per heavy atom. The zero-order valence-corrected chi connectivity index (χ0v) is 17.9. The smallest absolute Gasteiger partial charge is 0.265 e. The number of nitrogens with zero attached hydrogens (tertiary/aromatic N) is 2. The van der Waals surface area contributed by atoms with Crippen LogP contribution < -0.4 is 14.9 Å². The van der Waals surface area contributed by atoms with Crippen LogP contribution in [0.3, 0.4) is 0 Å². The van der Waals surface area contributed by atoms with E-state index in [1.54, 1.807) is 42.5 Å². The summed E-state index contributed by atoms with van der Waals surface area (Å²) < 4.78 is 27.9. The summed E-state index contributed by atoms with van der Waals surface area (Å²) in [5.41, 5.74) is 1.79. The Labute approximate surface area is 181 Å². The van der Waals surface area contributed by atoms with Crippen LogP contribution in [0.2, 0.25) is 0 Å². The van der Waals surface area contributed by atoms with Crippen LogP contribution >= 0.6 is 11.3 Å². The van der Waals surface area contributed by atoms with Crippen molar-refractivity contribution in [2.24, 2.45) is 0 Å². The van der Waals surface area contributed by atoms with Crippen LogP contribution in [0, 0.1) is 0 Å². The van der Waals surface area contributed by atoms with Gasteiger partial charge in [0.05, 0.1) is 20.8 Å². The van der Waals surface area contributed by atoms with E-state index >= 15 is 0 Å². The first kappa shape index (κ1) is 19.5. The lowest BCUT2D eigenvalue weighted by Gasteiger charge is -2.17. The van der Waals surface area contributed by atoms with E-state index in [9.17, 15) is 18.0 Å². The molecule has 0 bridgehead atoms. The largest absolute Gasteiger partial charge is 0.326 e. The predicted molar refractivity (Wildman–Crippen MR) is 121 cm³/mol. The van der Waals surface area contributed by atoms with Gasteiger partial charge in [0.15, 0.2) is 5.13 Å². The Bertz CT molecular complexity index is 1490. The molecule has 8 nitrogen and oxygen atoms in total. The van der Waals surface area contributed by atoms with Crippen LogP contribution in [0.1, 0.15) is 6.92 Å². The van der Waals surface area contributed by atoms with Gasteiger partial charge in [-0.15, -0.1) is 0 Å². The van der Waals surface area contributed by atoms with Crippen molar-refractivity contribution in [1.82, 2.24) is 4.98 Å². The van der Waals surface area contributed by atoms with Gasteiger partial charge in [0, 0.05) is 18.0 Å². The molecule has 1 aliphatic rings. The summed E-state index contributed by atoms with van der Waals surface area (Å²) in [6, 6.07) is 15.6. The van der Waals surface area contributed by atoms with Gasteiger partial charge >= 0.3 is 0 Å². The van der Waals surface area contributed by atoms with E-state index in [0.29, 0.717) is 27.4 Å². The molecule has 2 heterocycles. The second-order valence-electron chi connectivity index (χ2n) is 7.07. The number of hydrogen-bond acceptors (Lipinski definition) is 6. The second-order valence-corrected chi connectivity index (χ2v) is 9.94. The van der Waals surface area contributed by atoms with Crippen molar-refractivity contribution in [2.45, 2.75) is 11.8 Å². The van der Waals surface area contributed by atoms with Crippen molar-refractivity contribution in [3.63, 3.8) is 0 Å². The molecule has 2 amide bonds. The molecule has 2 N–H and O–H groups in total. The number of carbonyl (C=O) groups excluding carboxylic acids is 2. The molecule has 31 heavy (non-hydrogen) atoms. The molecule has 3 aromatic carbocycles. The number of benzene rings is 3. The minimum Gasteiger partial charge on any atom is -0.326 e. The standard InChI is InChI=1S/C21H16N4O4S2/c1-12(26)22-14-8-9-15-17(10-14)30-21(23-15)24-19(27)11-25-16-6-2-4-13-5-3-7-18(20(13)16)31(25,28)29/h2-10H,11H2,1H3,(H,22,26)(H,23,24,27). The van der Waals surface area contributed by atoms with Gasteiger partial charge in [0.25, 0.3) is 10.0 Å². The van der Waals surface area contributed by atoms with E-state index in [0.717, 1.165) is 14.4 Å². The summed E-state index contributed by atoms with van der Waals surface area (Å²) in [7, 11) is -3.81. The molecular weight excluding hydrogens is 436 g/mol. The Hall–Kier alpha value is -3.50. The molecule has 10 heteroatoms. The molecule has 0 saturated carbocycles. The summed E-state index contributed by atoms with van der Waals surface area (Å²) >= 11 is 1.24. The lowest BCUT2D eigenvalue weighted by atomic mass is 10.1. The fourth-order valence-corrected chi connectivity index (χ4v) is 6.26. The van der Waals surface area contributed by atoms with E-state index in [1.807, 2.05) is 12.1 Å². The highest BCUT2D eigenvalue weighted by atomic mass is 32.2. The summed E-state index contributed by atoms with van der Waals surface area (Å²) in [6.07, 6.45) is 0. The number of fused-ring (bicyclic) bond motifs is 1. The number of sulfonamides is 1. The fourth-order valence-electron chi connectivity index (χ4n) is 3.68. The number of anilines is 3. The van der Waals surface area contributed by atoms with Crippen molar-refractivity contribution in [3.8, 4) is 0 Å². The molecule has 4 aromatic rings. The summed E-state index contributed by atoms with van der Waals surface area (Å²) in [6.45, 7) is 1.07. The molecule has 0 saturated heterocycles. The van der Waals surface area contributed by atoms with Crippen LogP contribution in [0.4, 0.5) is 16.5 Å². The monoisotopic (exact) mass is 452 g/mol. The van der Waals surface area contributed by atoms with Crippen LogP contribution in [0.15, 0.2) is 59.5 Å². The Balaban J connectivity index is 1.40. The first-order valence-corrected chi connectivity index (χ1v) is 11.6. The van der Waals surface area contributed by atoms with Gasteiger partial charge in [-0.3, -0.25) is 13.9 Å². The third kappa shape index (κ3) is 3.29. The molecule has 0 radical (unpaired) electrons. The van der Waals surface area contributed by atoms with Crippen LogP contribution in [-0.2, 0) is 19.6 Å². The highest BCUT2D eigenvalue weighted by Gasteiger charge is 2.36. The third-order valence-corrected chi connectivity index (χ3v) is 7.66. The van der Waals surface area contributed by atoms with E-state index in [4.69, 9.17) is 0 Å². The van der Waals surface area contributed by atoms with E-state index in [1.165, 1.54) is 18.3 Å². The molecule has 5 rings (SSSR count). The maximum Gasteiger partial charge on any atom is 0.265 e. The van der Waals surface area contributed by atoms with Crippen LogP contribution in [-0.4, -0.2) is 31.8 Å². The second kappa shape index (κ2) is 7.03. The third-order valence-electron chi connectivity index (χ3n) is 4.92. The summed E-state index contributed by atoms with van der Waals surface area (Å²) in [5.74, 6) is -0.672. The average Bonchev–Trinajstić information content (AvgIpc) is 3.20. The Morgan fingerprint density at radius 2 is 1.84 bits per heavy atom. The van der Waals surface area contributed by atoms with Crippen LogP contribution in [0.5, 0.6) is 0 Å². The van der Waals surface area contributed by atoms with Crippen molar-refractivity contribution in [1.29, 1.82) is 0 Å². The number of nitrogens with one attached hydrogen (secondary N) is 2. The van der Waals surface area contributed by atoms with Gasteiger partial charge < -0.3 is 10.6 Å². The number of carbonyl (C=O) groups is 2. The topological polar surface area (TPSA) is 108 Å². The number of hydrogen-bond donors (Lipinski definition) is 2. The van der Waals surface area contributed by atoms with E-state index < -0.39 is 15.9 Å². The SMILES string of the molecule is CC(=O)Nc1ccc2nc(NC(=O)CN3c4cccc5cccc(c45)S3(=O)=O)sc2c1. The maximum absolute atomic E-state index is 13.0. The molecular formula is C21H16N4O4S2. The van der Waals surface area contributed by atoms with Gasteiger partial charge in [0.2, 0.25) is 11.8 Å². The fraction of sp³-hybridized carbons (Fsp3) is 0.0952. The minimum atomic E-state index is -3.81. The predicted octanol–water partition coefficient (Wildman–Crippen LogP) is 3.56. The number of rotatable bonds is 4. The van der Waals surface area contributed by atoms with Crippen molar-refractivity contribution in [2.75, 3.05) is 21.5 Å². The molecule has 156 valence electrons. The molecule has 0 unspecified atom stereocenters.